The van der Waals surface area contributed by atoms with Crippen LogP contribution in [0.25, 0.3) is 0 Å². The molecular weight excluding hydrogens is 278 g/mol. The van der Waals surface area contributed by atoms with E-state index in [1.807, 2.05) is 12.1 Å². The highest BCUT2D eigenvalue weighted by molar-refractivity contribution is 9.10. The zero-order valence-corrected chi connectivity index (χ0v) is 12.1. The van der Waals surface area contributed by atoms with Gasteiger partial charge in [0.05, 0.1) is 7.11 Å². The van der Waals surface area contributed by atoms with E-state index in [1.54, 1.807) is 7.11 Å². The normalized spacial score (nSPS) is 16.9. The standard InChI is InChI=1S/C14H20BrNO/c1-10(11-3-4-11)8-16-9-12-7-13(17-2)5-6-14(12)15/h5-7,10-11,16H,3-4,8-9H2,1-2H3. The SMILES string of the molecule is COc1ccc(Br)c(CNCC(C)C2CC2)c1. The van der Waals surface area contributed by atoms with Crippen molar-refractivity contribution in [3.8, 4) is 5.75 Å². The highest BCUT2D eigenvalue weighted by Crippen LogP contribution is 2.36. The summed E-state index contributed by atoms with van der Waals surface area (Å²) in [6, 6.07) is 6.10. The topological polar surface area (TPSA) is 21.3 Å². The first kappa shape index (κ1) is 12.9. The van der Waals surface area contributed by atoms with Crippen LogP contribution in [0, 0.1) is 11.8 Å². The molecule has 1 aromatic rings. The van der Waals surface area contributed by atoms with Crippen LogP contribution in [0.1, 0.15) is 25.3 Å². The van der Waals surface area contributed by atoms with Crippen molar-refractivity contribution in [3.63, 3.8) is 0 Å². The number of halogens is 1. The van der Waals surface area contributed by atoms with Crippen molar-refractivity contribution in [1.29, 1.82) is 0 Å². The molecule has 1 aliphatic rings. The lowest BCUT2D eigenvalue weighted by atomic mass is 10.1. The van der Waals surface area contributed by atoms with E-state index < -0.39 is 0 Å². The van der Waals surface area contributed by atoms with Gasteiger partial charge in [0.15, 0.2) is 0 Å². The van der Waals surface area contributed by atoms with Gasteiger partial charge in [0, 0.05) is 11.0 Å². The van der Waals surface area contributed by atoms with Crippen LogP contribution in [0.15, 0.2) is 22.7 Å². The van der Waals surface area contributed by atoms with Gasteiger partial charge in [-0.3, -0.25) is 0 Å². The van der Waals surface area contributed by atoms with Crippen molar-refractivity contribution in [3.05, 3.63) is 28.2 Å². The summed E-state index contributed by atoms with van der Waals surface area (Å²) in [5.74, 6) is 2.69. The summed E-state index contributed by atoms with van der Waals surface area (Å²) >= 11 is 3.57. The molecule has 1 aliphatic carbocycles. The van der Waals surface area contributed by atoms with E-state index in [9.17, 15) is 0 Å². The second-order valence-corrected chi connectivity index (χ2v) is 5.76. The molecule has 1 unspecified atom stereocenters. The average molecular weight is 298 g/mol. The molecule has 0 bridgehead atoms. The van der Waals surface area contributed by atoms with Crippen LogP contribution < -0.4 is 10.1 Å². The summed E-state index contributed by atoms with van der Waals surface area (Å²) in [4.78, 5) is 0. The smallest absolute Gasteiger partial charge is 0.119 e. The van der Waals surface area contributed by atoms with Gasteiger partial charge in [-0.05, 0) is 55.0 Å². The second-order valence-electron chi connectivity index (χ2n) is 4.90. The molecule has 1 fully saturated rings. The molecule has 0 aliphatic heterocycles. The van der Waals surface area contributed by atoms with Crippen molar-refractivity contribution >= 4 is 15.9 Å². The number of ether oxygens (including phenoxy) is 1. The summed E-state index contributed by atoms with van der Waals surface area (Å²) in [5, 5.41) is 3.53. The Hall–Kier alpha value is -0.540. The van der Waals surface area contributed by atoms with E-state index in [0.717, 1.165) is 35.1 Å². The molecular formula is C14H20BrNO. The van der Waals surface area contributed by atoms with Gasteiger partial charge in [-0.2, -0.15) is 0 Å². The Labute approximate surface area is 112 Å². The van der Waals surface area contributed by atoms with E-state index in [-0.39, 0.29) is 0 Å². The summed E-state index contributed by atoms with van der Waals surface area (Å²) in [7, 11) is 1.70. The largest absolute Gasteiger partial charge is 0.497 e. The summed E-state index contributed by atoms with van der Waals surface area (Å²) in [5.41, 5.74) is 1.26. The minimum atomic E-state index is 0.805. The Morgan fingerprint density at radius 1 is 1.47 bits per heavy atom. The van der Waals surface area contributed by atoms with Gasteiger partial charge < -0.3 is 10.1 Å². The van der Waals surface area contributed by atoms with E-state index in [2.05, 4.69) is 34.2 Å². The first-order valence-corrected chi connectivity index (χ1v) is 7.03. The van der Waals surface area contributed by atoms with Crippen molar-refractivity contribution in [1.82, 2.24) is 5.32 Å². The van der Waals surface area contributed by atoms with Crippen LogP contribution >= 0.6 is 15.9 Å². The summed E-state index contributed by atoms with van der Waals surface area (Å²) < 4.78 is 6.38. The van der Waals surface area contributed by atoms with Crippen molar-refractivity contribution in [2.45, 2.75) is 26.3 Å². The highest BCUT2D eigenvalue weighted by atomic mass is 79.9. The van der Waals surface area contributed by atoms with Crippen LogP contribution in [0.5, 0.6) is 5.75 Å². The average Bonchev–Trinajstić information content (AvgIpc) is 3.15. The maximum absolute atomic E-state index is 5.24. The van der Waals surface area contributed by atoms with Gasteiger partial charge in [0.25, 0.3) is 0 Å². The maximum Gasteiger partial charge on any atom is 0.119 e. The lowest BCUT2D eigenvalue weighted by Gasteiger charge is -2.12. The molecule has 0 saturated heterocycles. The number of benzene rings is 1. The Bertz CT molecular complexity index is 376. The van der Waals surface area contributed by atoms with Gasteiger partial charge >= 0.3 is 0 Å². The molecule has 17 heavy (non-hydrogen) atoms. The number of hydrogen-bond donors (Lipinski definition) is 1. The lowest BCUT2D eigenvalue weighted by molar-refractivity contribution is 0.413. The Kier molecular flexibility index (Phi) is 4.46. The molecule has 1 aromatic carbocycles. The van der Waals surface area contributed by atoms with Crippen molar-refractivity contribution in [2.24, 2.45) is 11.8 Å². The third kappa shape index (κ3) is 3.71. The Morgan fingerprint density at radius 3 is 2.88 bits per heavy atom. The van der Waals surface area contributed by atoms with E-state index in [1.165, 1.54) is 18.4 Å². The van der Waals surface area contributed by atoms with E-state index in [0.29, 0.717) is 0 Å². The zero-order chi connectivity index (χ0) is 12.3. The molecule has 94 valence electrons. The fourth-order valence-corrected chi connectivity index (χ4v) is 2.47. The molecule has 2 rings (SSSR count). The fourth-order valence-electron chi connectivity index (χ4n) is 2.08. The molecule has 1 saturated carbocycles. The van der Waals surface area contributed by atoms with Crippen LogP contribution in [0.2, 0.25) is 0 Å². The molecule has 0 radical (unpaired) electrons. The molecule has 0 aromatic heterocycles. The minimum Gasteiger partial charge on any atom is -0.497 e. The molecule has 2 nitrogen and oxygen atoms in total. The summed E-state index contributed by atoms with van der Waals surface area (Å²) in [6.45, 7) is 4.34. The van der Waals surface area contributed by atoms with Gasteiger partial charge in [-0.1, -0.05) is 22.9 Å². The second kappa shape index (κ2) is 5.87. The van der Waals surface area contributed by atoms with E-state index in [4.69, 9.17) is 4.74 Å². The summed E-state index contributed by atoms with van der Waals surface area (Å²) in [6.07, 6.45) is 2.84. The third-order valence-corrected chi connectivity index (χ3v) is 4.24. The molecule has 0 amide bonds. The molecule has 1 atom stereocenters. The fraction of sp³-hybridized carbons (Fsp3) is 0.571. The Balaban J connectivity index is 1.84. The number of nitrogens with one attached hydrogen (secondary N) is 1. The lowest BCUT2D eigenvalue weighted by Crippen LogP contribution is -2.22. The number of rotatable bonds is 6. The van der Waals surface area contributed by atoms with E-state index >= 15 is 0 Å². The first-order valence-electron chi connectivity index (χ1n) is 6.24. The Morgan fingerprint density at radius 2 is 2.24 bits per heavy atom. The predicted molar refractivity (Wildman–Crippen MR) is 74.3 cm³/mol. The molecule has 0 heterocycles. The minimum absolute atomic E-state index is 0.805. The zero-order valence-electron chi connectivity index (χ0n) is 10.5. The van der Waals surface area contributed by atoms with Crippen molar-refractivity contribution in [2.75, 3.05) is 13.7 Å². The van der Waals surface area contributed by atoms with Crippen molar-refractivity contribution < 1.29 is 4.74 Å². The quantitative estimate of drug-likeness (QED) is 0.866. The predicted octanol–water partition coefficient (Wildman–Crippen LogP) is 3.59. The van der Waals surface area contributed by atoms with Gasteiger partial charge in [-0.15, -0.1) is 0 Å². The van der Waals surface area contributed by atoms with Crippen LogP contribution in [-0.4, -0.2) is 13.7 Å². The van der Waals surface area contributed by atoms with Gasteiger partial charge in [0.2, 0.25) is 0 Å². The highest BCUT2D eigenvalue weighted by Gasteiger charge is 2.27. The van der Waals surface area contributed by atoms with Gasteiger partial charge in [0.1, 0.15) is 5.75 Å². The van der Waals surface area contributed by atoms with Crippen LogP contribution in [0.4, 0.5) is 0 Å². The molecule has 1 N–H and O–H groups in total. The third-order valence-electron chi connectivity index (χ3n) is 3.46. The number of methoxy groups -OCH3 is 1. The maximum atomic E-state index is 5.24. The first-order chi connectivity index (χ1) is 8.20. The van der Waals surface area contributed by atoms with Crippen LogP contribution in [-0.2, 0) is 6.54 Å². The van der Waals surface area contributed by atoms with Crippen LogP contribution in [0.3, 0.4) is 0 Å². The molecule has 3 heteroatoms. The number of hydrogen-bond acceptors (Lipinski definition) is 2. The van der Waals surface area contributed by atoms with Gasteiger partial charge in [-0.25, -0.2) is 0 Å². The molecule has 0 spiro atoms. The monoisotopic (exact) mass is 297 g/mol.